The molecule has 0 heterocycles. The van der Waals surface area contributed by atoms with Gasteiger partial charge < -0.3 is 79.7 Å². The smallest absolute Gasteiger partial charge is 0.412 e. The van der Waals surface area contributed by atoms with Crippen LogP contribution in [0.4, 0.5) is 110 Å². The summed E-state index contributed by atoms with van der Waals surface area (Å²) in [6.45, 7) is -8.18. The third-order valence-electron chi connectivity index (χ3n) is 9.83. The van der Waals surface area contributed by atoms with Crippen LogP contribution < -0.4 is 22.5 Å². The average molecular weight is 1450 g/mol. The van der Waals surface area contributed by atoms with E-state index < -0.39 is 130 Å². The Morgan fingerprint density at radius 2 is 0.795 bits per heavy atom. The van der Waals surface area contributed by atoms with Gasteiger partial charge in [0.1, 0.15) is 39.3 Å². The van der Waals surface area contributed by atoms with Gasteiger partial charge in [0, 0.05) is 108 Å². The van der Waals surface area contributed by atoms with E-state index >= 15 is 0 Å². The quantitative estimate of drug-likeness (QED) is 0.0120. The van der Waals surface area contributed by atoms with E-state index in [1.165, 1.54) is 14.2 Å². The number of allylic oxidation sites excluding steroid dienone is 2. The normalized spacial score (nSPS) is 12.9. The molecule has 0 bridgehead atoms. The van der Waals surface area contributed by atoms with Gasteiger partial charge in [0.15, 0.2) is 6.17 Å². The number of halogens is 25. The van der Waals surface area contributed by atoms with Crippen molar-refractivity contribution in [3.63, 3.8) is 0 Å². The van der Waals surface area contributed by atoms with Gasteiger partial charge in [-0.1, -0.05) is 0 Å². The largest absolute Gasteiger partial charge is 0.539 e. The Bertz CT molecular complexity index is 1310. The van der Waals surface area contributed by atoms with Crippen molar-refractivity contribution >= 4 is 35.4 Å². The summed E-state index contributed by atoms with van der Waals surface area (Å²) in [5, 5.41) is 2.26. The second-order valence-electron chi connectivity index (χ2n) is 14.5. The molecule has 0 aromatic carbocycles. The zero-order chi connectivity index (χ0) is 70.2. The third kappa shape index (κ3) is 61.7. The fraction of sp³-hybridized carbons (Fsp3) is 0.932. The Balaban J connectivity index is -0.0000000609. The first-order chi connectivity index (χ1) is 39.7. The van der Waals surface area contributed by atoms with E-state index in [0.29, 0.717) is 68.0 Å². The highest BCUT2D eigenvalue weighted by Crippen LogP contribution is 2.41. The molecule has 0 aliphatic rings. The molecule has 0 rings (SSSR count). The number of rotatable bonds is 33. The number of hydrogen-bond acceptors (Lipinski definition) is 14. The first kappa shape index (κ1) is 120. The predicted octanol–water partition coefficient (Wildman–Crippen LogP) is 11.7. The van der Waals surface area contributed by atoms with Crippen LogP contribution in [0.1, 0.15) is 32.1 Å². The van der Waals surface area contributed by atoms with Gasteiger partial charge in [0.05, 0.1) is 48.1 Å². The van der Waals surface area contributed by atoms with Crippen molar-refractivity contribution in [2.45, 2.75) is 92.7 Å². The molecule has 44 heteroatoms. The van der Waals surface area contributed by atoms with Crippen molar-refractivity contribution < 1.29 is 159 Å². The van der Waals surface area contributed by atoms with Crippen LogP contribution >= 0.6 is 0 Å². The lowest BCUT2D eigenvalue weighted by molar-refractivity contribution is -0.254. The van der Waals surface area contributed by atoms with E-state index in [1.54, 1.807) is 42.7 Å². The Labute approximate surface area is 507 Å². The van der Waals surface area contributed by atoms with Crippen molar-refractivity contribution in [3.8, 4) is 0 Å². The van der Waals surface area contributed by atoms with Crippen LogP contribution in [-0.4, -0.2) is 250 Å². The summed E-state index contributed by atoms with van der Waals surface area (Å²) >= 11 is 0. The molecular formula is C44H100F25N4O11Si4-. The number of nitrogens with two attached hydrogens (primary N) is 3. The topological polar surface area (TPSA) is 214 Å². The molecule has 15 nitrogen and oxygen atoms in total. The maximum absolute atomic E-state index is 13.6. The number of hydrogen-bond donors (Lipinski definition) is 4. The van der Waals surface area contributed by atoms with Crippen LogP contribution in [-0.2, 0) is 44.3 Å². The number of alkyl halides is 22. The minimum atomic E-state index is -5.59. The molecule has 554 valence electrons. The molecule has 4 atom stereocenters. The van der Waals surface area contributed by atoms with Crippen molar-refractivity contribution in [3.05, 3.63) is 19.1 Å². The molecule has 88 heavy (non-hydrogen) atoms. The third-order valence-corrected chi connectivity index (χ3v) is 19.8. The molecular weight excluding hydrogens is 1350 g/mol. The Morgan fingerprint density at radius 3 is 0.977 bits per heavy atom. The monoisotopic (exact) mass is 1450 g/mol. The van der Waals surface area contributed by atoms with Gasteiger partial charge in [0.2, 0.25) is 5.67 Å². The highest BCUT2D eigenvalue weighted by atomic mass is 28.4. The van der Waals surface area contributed by atoms with Crippen LogP contribution in [0.15, 0.2) is 11.6 Å². The first-order valence-electron chi connectivity index (χ1n) is 23.9. The lowest BCUT2D eigenvalue weighted by Crippen LogP contribution is -2.50. The molecule has 0 radical (unpaired) electrons. The molecule has 0 aromatic heterocycles. The predicted molar refractivity (Wildman–Crippen MR) is 299 cm³/mol. The summed E-state index contributed by atoms with van der Waals surface area (Å²) in [4.78, 5) is 0. The van der Waals surface area contributed by atoms with Gasteiger partial charge >= 0.3 is 53.9 Å². The minimum Gasteiger partial charge on any atom is -0.412 e. The lowest BCUT2D eigenvalue weighted by atomic mass is 9.96. The summed E-state index contributed by atoms with van der Waals surface area (Å²) in [5.41, 5.74) is 10.0. The van der Waals surface area contributed by atoms with Gasteiger partial charge in [-0.25, -0.2) is 34.6 Å². The van der Waals surface area contributed by atoms with Gasteiger partial charge in [-0.3, -0.25) is 35.4 Å². The van der Waals surface area contributed by atoms with Gasteiger partial charge in [-0.05, 0) is 57.9 Å². The fourth-order valence-electron chi connectivity index (χ4n) is 5.03. The zero-order valence-corrected chi connectivity index (χ0v) is 56.5. The first-order valence-corrected chi connectivity index (χ1v) is 31.6. The van der Waals surface area contributed by atoms with Crippen molar-refractivity contribution in [1.82, 2.24) is 5.32 Å². The molecule has 0 amide bonds. The molecule has 0 fully saturated rings. The second kappa shape index (κ2) is 76.0. The Morgan fingerprint density at radius 1 is 0.489 bits per heavy atom. The summed E-state index contributed by atoms with van der Waals surface area (Å²) in [6, 6.07) is 0.0928. The van der Waals surface area contributed by atoms with E-state index in [0.717, 1.165) is 39.1 Å². The van der Waals surface area contributed by atoms with E-state index in [4.69, 9.17) is 43.8 Å². The molecule has 0 spiro atoms. The highest BCUT2D eigenvalue weighted by Gasteiger charge is 2.61. The summed E-state index contributed by atoms with van der Waals surface area (Å²) in [7, 11) is 5.35. The van der Waals surface area contributed by atoms with Gasteiger partial charge in [-0.15, -0.1) is 0 Å². The molecule has 0 saturated carbocycles. The van der Waals surface area contributed by atoms with E-state index in [-0.39, 0.29) is 42.7 Å². The lowest BCUT2D eigenvalue weighted by Gasteiger charge is -2.28. The Kier molecular flexibility index (Phi) is 104. The van der Waals surface area contributed by atoms with Crippen LogP contribution in [0.5, 0.6) is 0 Å². The SMILES string of the molecule is CF.CF.CF.CF.CF.CO[Si](CCCN)(OC)OC.CO[Si](CCCN)(OC)OC.CO[Si](F)(CCCN)OC.CO[Si](F)(CCCNC(CF)C(CF)C(F)(F)F)OC.F.FC/C=C(\CF)C(F)(F)F.FCCC(F)(C(F)CF)C(F)(F)F.O.[CH3-]. The van der Waals surface area contributed by atoms with Crippen LogP contribution in [0.25, 0.3) is 0 Å². The standard InChI is InChI=1S/C10H19F6NO2Si.C6H7F7.2C6H17NO3Si.C5H5F5.C5H14FNO2Si.5CH3F.CH3.FH.H2O/c1-18-20(16,19-2)5-3-4-17-9(7-12)8(6-11)10(13,14)15;7-2-1-5(10,4(9)3-8)6(11,12)13;2*1-8-11(9-2,10-3)6-4-5-7;6-2-1-4(3-7)5(8,9)10;1-8-10(6,9-2)5-3-4-7;5*1-2;;;/h8-9,17H,3-7H2,1-2H3;4H,1-3H2;2*4-7H2,1-3H3;1H,2-3H2;3-5,7H2,1-2H3;5*1H3;1H3;1H;1H2/q;;;;;;;;;;;-1;;/b;;;;4-1+;;;;;;;;;. The highest BCUT2D eigenvalue weighted by molar-refractivity contribution is 6.61. The molecule has 4 unspecified atom stereocenters. The summed E-state index contributed by atoms with van der Waals surface area (Å²) in [6.07, 6.45) is -17.6. The summed E-state index contributed by atoms with van der Waals surface area (Å²) < 4.78 is 326. The average Bonchev–Trinajstić information content (AvgIpc) is 3.51. The fourth-order valence-corrected chi connectivity index (χ4v) is 10.9. The molecule has 0 aliphatic heterocycles. The van der Waals surface area contributed by atoms with E-state index in [2.05, 4.69) is 23.0 Å². The molecule has 9 N–H and O–H groups in total. The van der Waals surface area contributed by atoms with Gasteiger partial charge in [-0.2, -0.15) is 39.5 Å². The Hall–Kier alpha value is -1.74. The zero-order valence-electron chi connectivity index (χ0n) is 52.5. The molecule has 0 aliphatic carbocycles. The van der Waals surface area contributed by atoms with Crippen LogP contribution in [0, 0.1) is 13.3 Å². The summed E-state index contributed by atoms with van der Waals surface area (Å²) in [5.74, 6) is -2.41. The van der Waals surface area contributed by atoms with Gasteiger partial charge in [0.25, 0.3) is 0 Å². The molecule has 0 saturated heterocycles. The van der Waals surface area contributed by atoms with Crippen molar-refractivity contribution in [2.24, 2.45) is 23.1 Å². The maximum atomic E-state index is 13.6. The maximum Gasteiger partial charge on any atom is 0.539 e. The van der Waals surface area contributed by atoms with Crippen molar-refractivity contribution in [1.29, 1.82) is 0 Å². The van der Waals surface area contributed by atoms with Crippen LogP contribution in [0.2, 0.25) is 24.2 Å². The van der Waals surface area contributed by atoms with E-state index in [1.807, 2.05) is 0 Å². The van der Waals surface area contributed by atoms with Crippen molar-refractivity contribution in [2.75, 3.05) is 173 Å². The van der Waals surface area contributed by atoms with E-state index in [9.17, 15) is 105 Å². The molecule has 0 aromatic rings. The number of nitrogens with one attached hydrogen (secondary N) is 1. The minimum absolute atomic E-state index is 0. The second-order valence-corrected chi connectivity index (χ2v) is 25.9. The van der Waals surface area contributed by atoms with Crippen LogP contribution in [0.3, 0.4) is 0 Å².